The zero-order valence-corrected chi connectivity index (χ0v) is 16.7. The van der Waals surface area contributed by atoms with Crippen LogP contribution in [-0.2, 0) is 16.0 Å². The maximum absolute atomic E-state index is 12.4. The fourth-order valence-corrected chi connectivity index (χ4v) is 3.49. The number of morpholine rings is 1. The quantitative estimate of drug-likeness (QED) is 0.685. The van der Waals surface area contributed by atoms with Gasteiger partial charge in [-0.3, -0.25) is 4.79 Å². The highest BCUT2D eigenvalue weighted by Gasteiger charge is 2.22. The van der Waals surface area contributed by atoms with Crippen LogP contribution in [0.5, 0.6) is 0 Å². The van der Waals surface area contributed by atoms with Crippen molar-refractivity contribution in [2.75, 3.05) is 31.2 Å². The largest absolute Gasteiger partial charge is 0.378 e. The number of ether oxygens (including phenoxy) is 1. The van der Waals surface area contributed by atoms with Crippen LogP contribution >= 0.6 is 0 Å². The summed E-state index contributed by atoms with van der Waals surface area (Å²) >= 11 is 0. The molecule has 0 spiro atoms. The van der Waals surface area contributed by atoms with Gasteiger partial charge in [-0.25, -0.2) is 4.98 Å². The summed E-state index contributed by atoms with van der Waals surface area (Å²) in [5.41, 5.74) is 2.31. The summed E-state index contributed by atoms with van der Waals surface area (Å²) in [6.07, 6.45) is 0.735. The van der Waals surface area contributed by atoms with Crippen molar-refractivity contribution in [2.45, 2.75) is 32.7 Å². The molecule has 0 aliphatic carbocycles. The number of aromatic nitrogens is 3. The van der Waals surface area contributed by atoms with Gasteiger partial charge in [-0.15, -0.1) is 0 Å². The van der Waals surface area contributed by atoms with Crippen molar-refractivity contribution in [2.24, 2.45) is 0 Å². The van der Waals surface area contributed by atoms with Crippen molar-refractivity contribution in [3.63, 3.8) is 0 Å². The smallest absolute Gasteiger partial charge is 0.263 e. The Morgan fingerprint density at radius 2 is 1.97 bits per heavy atom. The van der Waals surface area contributed by atoms with Crippen LogP contribution in [0, 0.1) is 6.92 Å². The highest BCUT2D eigenvalue weighted by atomic mass is 16.5. The van der Waals surface area contributed by atoms with E-state index in [0.29, 0.717) is 37.6 Å². The van der Waals surface area contributed by atoms with Gasteiger partial charge in [-0.2, -0.15) is 4.98 Å². The number of aryl methyl sites for hydroxylation is 2. The van der Waals surface area contributed by atoms with Crippen LogP contribution in [0.3, 0.4) is 0 Å². The van der Waals surface area contributed by atoms with Crippen molar-refractivity contribution < 1.29 is 14.1 Å². The second kappa shape index (κ2) is 8.57. The number of carbonyl (C=O) groups is 1. The minimum atomic E-state index is -0.0482. The molecule has 29 heavy (non-hydrogen) atoms. The molecule has 1 aliphatic heterocycles. The average Bonchev–Trinajstić information content (AvgIpc) is 3.13. The lowest BCUT2D eigenvalue weighted by Gasteiger charge is -2.28. The lowest BCUT2D eigenvalue weighted by atomic mass is 10.1. The molecule has 0 bridgehead atoms. The van der Waals surface area contributed by atoms with Crippen LogP contribution in [0.1, 0.15) is 36.5 Å². The zero-order valence-electron chi connectivity index (χ0n) is 16.7. The fraction of sp³-hybridized carbons (Fsp3) is 0.429. The first-order valence-corrected chi connectivity index (χ1v) is 9.91. The van der Waals surface area contributed by atoms with Gasteiger partial charge in [0, 0.05) is 25.9 Å². The van der Waals surface area contributed by atoms with Crippen molar-refractivity contribution in [1.29, 1.82) is 0 Å². The fourth-order valence-electron chi connectivity index (χ4n) is 3.49. The van der Waals surface area contributed by atoms with E-state index >= 15 is 0 Å². The molecule has 8 heteroatoms. The lowest BCUT2D eigenvalue weighted by Crippen LogP contribution is -2.37. The Labute approximate surface area is 169 Å². The van der Waals surface area contributed by atoms with Crippen LogP contribution in [0.25, 0.3) is 11.1 Å². The summed E-state index contributed by atoms with van der Waals surface area (Å²) in [5, 5.41) is 7.91. The van der Waals surface area contributed by atoms with E-state index in [1.54, 1.807) is 0 Å². The molecule has 8 nitrogen and oxygen atoms in total. The Morgan fingerprint density at radius 3 is 2.72 bits per heavy atom. The average molecular weight is 395 g/mol. The molecule has 4 rings (SSSR count). The van der Waals surface area contributed by atoms with Gasteiger partial charge in [0.2, 0.25) is 5.91 Å². The number of fused-ring (bicyclic) bond motifs is 1. The van der Waals surface area contributed by atoms with E-state index in [1.165, 1.54) is 0 Å². The number of benzene rings is 1. The number of carbonyl (C=O) groups excluding carboxylic acids is 1. The first-order valence-electron chi connectivity index (χ1n) is 9.91. The maximum atomic E-state index is 12.4. The van der Waals surface area contributed by atoms with Gasteiger partial charge in [-0.05, 0) is 19.4 Å². The molecule has 1 amide bonds. The Bertz CT molecular complexity index is 983. The number of hydrogen-bond acceptors (Lipinski definition) is 7. The van der Waals surface area contributed by atoms with E-state index in [1.807, 2.05) is 44.2 Å². The number of nitrogens with zero attached hydrogens (tertiary/aromatic N) is 4. The van der Waals surface area contributed by atoms with Crippen LogP contribution in [0.4, 0.5) is 5.82 Å². The molecule has 1 aliphatic rings. The summed E-state index contributed by atoms with van der Waals surface area (Å²) in [7, 11) is 0. The monoisotopic (exact) mass is 395 g/mol. The Morgan fingerprint density at radius 1 is 1.21 bits per heavy atom. The Kier molecular flexibility index (Phi) is 5.71. The number of anilines is 1. The third-order valence-electron chi connectivity index (χ3n) is 5.10. The predicted octanol–water partition coefficient (Wildman–Crippen LogP) is 2.57. The molecule has 3 aromatic rings. The maximum Gasteiger partial charge on any atom is 0.263 e. The molecule has 0 radical (unpaired) electrons. The van der Waals surface area contributed by atoms with E-state index in [2.05, 4.69) is 20.4 Å². The third-order valence-corrected chi connectivity index (χ3v) is 5.10. The van der Waals surface area contributed by atoms with E-state index < -0.39 is 0 Å². The predicted molar refractivity (Wildman–Crippen MR) is 109 cm³/mol. The number of hydrogen-bond donors (Lipinski definition) is 1. The van der Waals surface area contributed by atoms with Crippen molar-refractivity contribution in [1.82, 2.24) is 20.4 Å². The highest BCUT2D eigenvalue weighted by molar-refractivity contribution is 5.88. The number of nitrogens with one attached hydrogen (secondary N) is 1. The topological polar surface area (TPSA) is 93.4 Å². The van der Waals surface area contributed by atoms with E-state index in [0.717, 1.165) is 35.6 Å². The molecule has 1 saturated heterocycles. The van der Waals surface area contributed by atoms with E-state index in [4.69, 9.17) is 14.2 Å². The molecule has 1 fully saturated rings. The van der Waals surface area contributed by atoms with Gasteiger partial charge in [0.1, 0.15) is 17.0 Å². The SMILES string of the molecule is Cc1noc2nc(CCC(=O)N[C@@H](C)c3ccccc3)nc(N3CCOCC3)c12. The Hall–Kier alpha value is -3.00. The number of amides is 1. The van der Waals surface area contributed by atoms with Gasteiger partial charge in [-0.1, -0.05) is 35.5 Å². The van der Waals surface area contributed by atoms with Crippen LogP contribution < -0.4 is 10.2 Å². The second-order valence-electron chi connectivity index (χ2n) is 7.21. The third kappa shape index (κ3) is 4.37. The molecule has 0 unspecified atom stereocenters. The summed E-state index contributed by atoms with van der Waals surface area (Å²) in [5.74, 6) is 1.36. The summed E-state index contributed by atoms with van der Waals surface area (Å²) in [6, 6.07) is 9.85. The summed E-state index contributed by atoms with van der Waals surface area (Å²) in [4.78, 5) is 23.8. The van der Waals surface area contributed by atoms with Crippen LogP contribution in [-0.4, -0.2) is 47.3 Å². The van der Waals surface area contributed by atoms with Crippen molar-refractivity contribution in [3.05, 3.63) is 47.4 Å². The van der Waals surface area contributed by atoms with Gasteiger partial charge in [0.15, 0.2) is 0 Å². The van der Waals surface area contributed by atoms with Gasteiger partial charge in [0.05, 0.1) is 24.9 Å². The molecule has 152 valence electrons. The molecule has 1 atom stereocenters. The zero-order chi connectivity index (χ0) is 20.2. The molecule has 3 heterocycles. The minimum Gasteiger partial charge on any atom is -0.378 e. The van der Waals surface area contributed by atoms with Gasteiger partial charge in [0.25, 0.3) is 5.71 Å². The second-order valence-corrected chi connectivity index (χ2v) is 7.21. The molecular formula is C21H25N5O3. The van der Waals surface area contributed by atoms with Crippen LogP contribution in [0.2, 0.25) is 0 Å². The first kappa shape index (κ1) is 19.3. The molecule has 0 saturated carbocycles. The minimum absolute atomic E-state index is 0.0354. The standard InChI is InChI=1S/C21H25N5O3/c1-14(16-6-4-3-5-7-16)22-18(27)9-8-17-23-20(26-10-12-28-13-11-26)19-15(2)25-29-21(19)24-17/h3-7,14H,8-13H2,1-2H3,(H,22,27)/t14-/m0/s1. The van der Waals surface area contributed by atoms with Gasteiger partial charge < -0.3 is 19.5 Å². The normalized spacial score (nSPS) is 15.4. The summed E-state index contributed by atoms with van der Waals surface area (Å²) < 4.78 is 10.8. The molecular weight excluding hydrogens is 370 g/mol. The molecule has 1 N–H and O–H groups in total. The van der Waals surface area contributed by atoms with Crippen molar-refractivity contribution in [3.8, 4) is 0 Å². The Balaban J connectivity index is 1.47. The van der Waals surface area contributed by atoms with Crippen molar-refractivity contribution >= 4 is 22.8 Å². The first-order chi connectivity index (χ1) is 14.1. The number of rotatable bonds is 6. The van der Waals surface area contributed by atoms with Gasteiger partial charge >= 0.3 is 0 Å². The van der Waals surface area contributed by atoms with E-state index in [9.17, 15) is 4.79 Å². The molecule has 1 aromatic carbocycles. The summed E-state index contributed by atoms with van der Waals surface area (Å²) in [6.45, 7) is 6.69. The highest BCUT2D eigenvalue weighted by Crippen LogP contribution is 2.27. The van der Waals surface area contributed by atoms with Crippen LogP contribution in [0.15, 0.2) is 34.9 Å². The molecule has 2 aromatic heterocycles. The lowest BCUT2D eigenvalue weighted by molar-refractivity contribution is -0.121. The van der Waals surface area contributed by atoms with E-state index in [-0.39, 0.29) is 11.9 Å².